The van der Waals surface area contributed by atoms with Crippen molar-refractivity contribution in [3.05, 3.63) is 50.7 Å². The molecule has 7 heteroatoms. The molecular weight excluding hydrogens is 353 g/mol. The van der Waals surface area contributed by atoms with Crippen LogP contribution in [0.3, 0.4) is 0 Å². The molecule has 0 aromatic heterocycles. The second-order valence-electron chi connectivity index (χ2n) is 5.09. The Morgan fingerprint density at radius 2 is 1.88 bits per heavy atom. The van der Waals surface area contributed by atoms with Gasteiger partial charge in [0, 0.05) is 35.0 Å². The van der Waals surface area contributed by atoms with E-state index in [4.69, 9.17) is 32.7 Å². The van der Waals surface area contributed by atoms with E-state index in [0.29, 0.717) is 34.5 Å². The van der Waals surface area contributed by atoms with E-state index in [-0.39, 0.29) is 17.1 Å². The first kappa shape index (κ1) is 18.5. The van der Waals surface area contributed by atoms with Gasteiger partial charge in [-0.15, -0.1) is 0 Å². The normalized spacial score (nSPS) is 16.3. The van der Waals surface area contributed by atoms with Crippen LogP contribution in [0.25, 0.3) is 6.08 Å². The van der Waals surface area contributed by atoms with Crippen LogP contribution in [0.4, 0.5) is 0 Å². The fraction of sp³-hybridized carbons (Fsp3) is 0.294. The molecule has 0 atom stereocenters. The fourth-order valence-corrected chi connectivity index (χ4v) is 2.98. The van der Waals surface area contributed by atoms with Crippen molar-refractivity contribution in [2.45, 2.75) is 6.92 Å². The SMILES string of the molecule is COCCN1C(=O)/C(=C\c2c(Cl)cccc2Cl)C(C(=O)OC)=C1C. The number of benzene rings is 1. The Hall–Kier alpha value is -1.82. The van der Waals surface area contributed by atoms with Gasteiger partial charge in [0.05, 0.1) is 24.9 Å². The Labute approximate surface area is 150 Å². The summed E-state index contributed by atoms with van der Waals surface area (Å²) in [5.74, 6) is -0.906. The maximum Gasteiger partial charge on any atom is 0.340 e. The van der Waals surface area contributed by atoms with Crippen LogP contribution in [0, 0.1) is 0 Å². The maximum atomic E-state index is 12.7. The number of ether oxygens (including phenoxy) is 2. The molecule has 0 bridgehead atoms. The summed E-state index contributed by atoms with van der Waals surface area (Å²) in [6, 6.07) is 5.03. The highest BCUT2D eigenvalue weighted by Crippen LogP contribution is 2.34. The van der Waals surface area contributed by atoms with E-state index in [2.05, 4.69) is 0 Å². The molecule has 1 aromatic rings. The molecule has 1 aliphatic heterocycles. The molecule has 0 fully saturated rings. The summed E-state index contributed by atoms with van der Waals surface area (Å²) >= 11 is 12.3. The maximum absolute atomic E-state index is 12.7. The number of nitrogens with zero attached hydrogens (tertiary/aromatic N) is 1. The topological polar surface area (TPSA) is 55.8 Å². The summed E-state index contributed by atoms with van der Waals surface area (Å²) in [6.07, 6.45) is 1.52. The molecule has 5 nitrogen and oxygen atoms in total. The Bertz CT molecular complexity index is 720. The highest BCUT2D eigenvalue weighted by atomic mass is 35.5. The number of allylic oxidation sites excluding steroid dienone is 1. The van der Waals surface area contributed by atoms with Gasteiger partial charge >= 0.3 is 5.97 Å². The van der Waals surface area contributed by atoms with Crippen LogP contribution in [0.1, 0.15) is 12.5 Å². The summed E-state index contributed by atoms with van der Waals surface area (Å²) in [5, 5.41) is 0.778. The number of amides is 1. The van der Waals surface area contributed by atoms with Gasteiger partial charge in [0.2, 0.25) is 0 Å². The highest BCUT2D eigenvalue weighted by Gasteiger charge is 2.36. The molecule has 0 aliphatic carbocycles. The van der Waals surface area contributed by atoms with Crippen molar-refractivity contribution in [3.63, 3.8) is 0 Å². The van der Waals surface area contributed by atoms with Crippen molar-refractivity contribution >= 4 is 41.2 Å². The van der Waals surface area contributed by atoms with Crippen molar-refractivity contribution in [1.82, 2.24) is 4.90 Å². The van der Waals surface area contributed by atoms with Gasteiger partial charge in [0.25, 0.3) is 5.91 Å². The van der Waals surface area contributed by atoms with Crippen molar-refractivity contribution in [2.24, 2.45) is 0 Å². The predicted octanol–water partition coefficient (Wildman–Crippen LogP) is 3.31. The zero-order chi connectivity index (χ0) is 17.9. The van der Waals surface area contributed by atoms with Crippen LogP contribution >= 0.6 is 23.2 Å². The highest BCUT2D eigenvalue weighted by molar-refractivity contribution is 6.37. The first-order valence-electron chi connectivity index (χ1n) is 7.18. The van der Waals surface area contributed by atoms with E-state index >= 15 is 0 Å². The molecule has 0 saturated carbocycles. The molecule has 24 heavy (non-hydrogen) atoms. The smallest absolute Gasteiger partial charge is 0.340 e. The molecule has 1 heterocycles. The zero-order valence-corrected chi connectivity index (χ0v) is 15.1. The molecule has 0 spiro atoms. The molecule has 1 aliphatic rings. The first-order valence-corrected chi connectivity index (χ1v) is 7.94. The monoisotopic (exact) mass is 369 g/mol. The predicted molar refractivity (Wildman–Crippen MR) is 92.7 cm³/mol. The van der Waals surface area contributed by atoms with E-state index in [1.165, 1.54) is 18.1 Å². The number of carbonyl (C=O) groups is 2. The molecule has 1 amide bonds. The summed E-state index contributed by atoms with van der Waals surface area (Å²) < 4.78 is 9.84. The summed E-state index contributed by atoms with van der Waals surface area (Å²) in [7, 11) is 2.81. The molecule has 0 N–H and O–H groups in total. The van der Waals surface area contributed by atoms with Crippen molar-refractivity contribution < 1.29 is 19.1 Å². The van der Waals surface area contributed by atoms with Crippen LogP contribution in [0.15, 0.2) is 35.0 Å². The average molecular weight is 370 g/mol. The van der Waals surface area contributed by atoms with Crippen LogP contribution in [-0.2, 0) is 19.1 Å². The van der Waals surface area contributed by atoms with E-state index in [0.717, 1.165) is 0 Å². The molecule has 2 rings (SSSR count). The fourth-order valence-electron chi connectivity index (χ4n) is 2.47. The molecule has 128 valence electrons. The number of methoxy groups -OCH3 is 2. The van der Waals surface area contributed by atoms with Crippen molar-refractivity contribution in [3.8, 4) is 0 Å². The first-order chi connectivity index (χ1) is 11.4. The van der Waals surface area contributed by atoms with Gasteiger partial charge < -0.3 is 14.4 Å². The molecular formula is C17H17Cl2NO4. The number of carbonyl (C=O) groups excluding carboxylic acids is 2. The molecule has 0 radical (unpaired) electrons. The largest absolute Gasteiger partial charge is 0.465 e. The van der Waals surface area contributed by atoms with Crippen molar-refractivity contribution in [1.29, 1.82) is 0 Å². The van der Waals surface area contributed by atoms with Gasteiger partial charge in [-0.1, -0.05) is 29.3 Å². The van der Waals surface area contributed by atoms with Crippen LogP contribution in [0.5, 0.6) is 0 Å². The number of halogens is 2. The number of hydrogen-bond acceptors (Lipinski definition) is 4. The summed E-state index contributed by atoms with van der Waals surface area (Å²) in [5.41, 5.74) is 1.39. The van der Waals surface area contributed by atoms with Crippen LogP contribution in [-0.4, -0.2) is 44.1 Å². The quantitative estimate of drug-likeness (QED) is 0.590. The third kappa shape index (κ3) is 3.48. The Balaban J connectivity index is 2.56. The summed E-state index contributed by atoms with van der Waals surface area (Å²) in [6.45, 7) is 2.36. The van der Waals surface area contributed by atoms with E-state index in [1.54, 1.807) is 32.2 Å². The third-order valence-electron chi connectivity index (χ3n) is 3.71. The van der Waals surface area contributed by atoms with Gasteiger partial charge in [0.15, 0.2) is 0 Å². The van der Waals surface area contributed by atoms with Gasteiger partial charge in [0.1, 0.15) is 0 Å². The van der Waals surface area contributed by atoms with Gasteiger partial charge in [-0.25, -0.2) is 4.79 Å². The van der Waals surface area contributed by atoms with Crippen LogP contribution < -0.4 is 0 Å². The minimum atomic E-state index is -0.588. The zero-order valence-electron chi connectivity index (χ0n) is 13.6. The Kier molecular flexibility index (Phi) is 6.04. The number of esters is 1. The second kappa shape index (κ2) is 7.83. The lowest BCUT2D eigenvalue weighted by molar-refractivity contribution is -0.136. The number of rotatable bonds is 5. The minimum Gasteiger partial charge on any atom is -0.465 e. The lowest BCUT2D eigenvalue weighted by atomic mass is 10.0. The van der Waals surface area contributed by atoms with Gasteiger partial charge in [-0.2, -0.15) is 0 Å². The molecule has 1 aromatic carbocycles. The van der Waals surface area contributed by atoms with E-state index in [9.17, 15) is 9.59 Å². The standard InChI is InChI=1S/C17H17Cl2NO4/c1-10-15(17(22)24-3)12(16(21)20(10)7-8-23-2)9-11-13(18)5-4-6-14(11)19/h4-6,9H,7-8H2,1-3H3/b12-9-. The lowest BCUT2D eigenvalue weighted by Crippen LogP contribution is -2.28. The van der Waals surface area contributed by atoms with E-state index < -0.39 is 5.97 Å². The van der Waals surface area contributed by atoms with E-state index in [1.807, 2.05) is 0 Å². The average Bonchev–Trinajstić information content (AvgIpc) is 2.79. The Morgan fingerprint density at radius 1 is 1.25 bits per heavy atom. The minimum absolute atomic E-state index is 0.199. The summed E-state index contributed by atoms with van der Waals surface area (Å²) in [4.78, 5) is 26.4. The van der Waals surface area contributed by atoms with Gasteiger partial charge in [-0.05, 0) is 25.1 Å². The third-order valence-corrected chi connectivity index (χ3v) is 4.37. The Morgan fingerprint density at radius 3 is 2.42 bits per heavy atom. The number of hydrogen-bond donors (Lipinski definition) is 0. The van der Waals surface area contributed by atoms with Crippen LogP contribution in [0.2, 0.25) is 10.0 Å². The molecule has 0 saturated heterocycles. The second-order valence-corrected chi connectivity index (χ2v) is 5.91. The van der Waals surface area contributed by atoms with Crippen molar-refractivity contribution in [2.75, 3.05) is 27.4 Å². The lowest BCUT2D eigenvalue weighted by Gasteiger charge is -2.16. The van der Waals surface area contributed by atoms with Gasteiger partial charge in [-0.3, -0.25) is 4.79 Å². The molecule has 0 unspecified atom stereocenters.